The first-order chi connectivity index (χ1) is 26.2. The second-order valence-corrected chi connectivity index (χ2v) is 14.5. The van der Waals surface area contributed by atoms with Crippen molar-refractivity contribution >= 4 is 57.7 Å². The van der Waals surface area contributed by atoms with Crippen molar-refractivity contribution in [1.82, 2.24) is 10.3 Å². The van der Waals surface area contributed by atoms with Crippen molar-refractivity contribution in [2.45, 2.75) is 24.0 Å². The number of nitrogens with one attached hydrogen (secondary N) is 3. The number of thioether (sulfide) groups is 1. The first-order valence-electron chi connectivity index (χ1n) is 17.0. The molecule has 0 fully saturated rings. The monoisotopic (exact) mass is 754 g/mol. The van der Waals surface area contributed by atoms with E-state index in [2.05, 4.69) is 16.0 Å². The van der Waals surface area contributed by atoms with Gasteiger partial charge in [0, 0.05) is 32.2 Å². The highest BCUT2D eigenvalue weighted by atomic mass is 32.2. The average molecular weight is 755 g/mol. The van der Waals surface area contributed by atoms with Crippen molar-refractivity contribution in [1.29, 1.82) is 0 Å². The molecule has 3 amide bonds. The van der Waals surface area contributed by atoms with Gasteiger partial charge in [-0.25, -0.2) is 4.98 Å². The Balaban J connectivity index is 1.20. The van der Waals surface area contributed by atoms with Crippen LogP contribution < -0.4 is 25.4 Å². The van der Waals surface area contributed by atoms with E-state index in [9.17, 15) is 14.4 Å². The molecule has 6 rings (SSSR count). The number of amides is 3. The third kappa shape index (κ3) is 9.43. The topological polar surface area (TPSA) is 119 Å². The number of hydrogen-bond donors (Lipinski definition) is 3. The van der Waals surface area contributed by atoms with Crippen molar-refractivity contribution in [3.8, 4) is 22.8 Å². The Kier molecular flexibility index (Phi) is 12.2. The number of hydrogen-bond acceptors (Lipinski definition) is 8. The van der Waals surface area contributed by atoms with Crippen LogP contribution in [0.3, 0.4) is 0 Å². The molecule has 1 aromatic heterocycles. The van der Waals surface area contributed by atoms with Gasteiger partial charge in [-0.2, -0.15) is 0 Å². The molecule has 6 aromatic rings. The lowest BCUT2D eigenvalue weighted by atomic mass is 10.1. The molecule has 5 aromatic carbocycles. The largest absolute Gasteiger partial charge is 0.497 e. The van der Waals surface area contributed by atoms with Gasteiger partial charge < -0.3 is 25.4 Å². The SMILES string of the molecule is COc1ccc(OC)c(/C=C(\NC(=O)c2ccccc2)C(=O)Nc2ccc(SC(C(=O)Nc3nc(-c4ccc(C)cc4)c(C)s3)c3ccccc3)cc2)c1. The van der Waals surface area contributed by atoms with E-state index in [4.69, 9.17) is 14.5 Å². The molecule has 0 aliphatic heterocycles. The van der Waals surface area contributed by atoms with Gasteiger partial charge in [-0.05, 0) is 80.1 Å². The number of thiazole rings is 1. The number of carbonyl (C=O) groups excluding carboxylic acids is 3. The molecule has 0 saturated carbocycles. The van der Waals surface area contributed by atoms with E-state index in [0.29, 0.717) is 33.4 Å². The third-order valence-corrected chi connectivity index (χ3v) is 10.5. The van der Waals surface area contributed by atoms with Crippen LogP contribution in [0.5, 0.6) is 11.5 Å². The minimum Gasteiger partial charge on any atom is -0.497 e. The molecule has 1 unspecified atom stereocenters. The second-order valence-electron chi connectivity index (χ2n) is 12.2. The smallest absolute Gasteiger partial charge is 0.272 e. The maximum atomic E-state index is 13.9. The van der Waals surface area contributed by atoms with Crippen LogP contribution in [-0.4, -0.2) is 36.9 Å². The standard InChI is InChI=1S/C43H38N4O5S2/c1-27-15-17-29(18-16-27)38-28(2)53-43(46-38)47-42(50)39(30-11-7-5-8-12-30)54-35-22-19-33(20-23-35)44-41(49)36(45-40(48)31-13-9-6-10-14-31)26-32-25-34(51-3)21-24-37(32)52-4/h5-26,39H,1-4H3,(H,44,49)(H,45,48)(H,46,47,50)/b36-26-. The van der Waals surface area contributed by atoms with Gasteiger partial charge in [0.2, 0.25) is 5.91 Å². The second kappa shape index (κ2) is 17.6. The number of anilines is 2. The van der Waals surface area contributed by atoms with Crippen LogP contribution in [0.4, 0.5) is 10.8 Å². The predicted octanol–water partition coefficient (Wildman–Crippen LogP) is 9.33. The Labute approximate surface area is 322 Å². The van der Waals surface area contributed by atoms with E-state index in [1.165, 1.54) is 30.2 Å². The lowest BCUT2D eigenvalue weighted by Crippen LogP contribution is -2.30. The Morgan fingerprint density at radius 3 is 2.13 bits per heavy atom. The van der Waals surface area contributed by atoms with Crippen LogP contribution in [0, 0.1) is 13.8 Å². The lowest BCUT2D eigenvalue weighted by molar-refractivity contribution is -0.116. The first kappa shape index (κ1) is 37.6. The van der Waals surface area contributed by atoms with Gasteiger partial charge in [-0.3, -0.25) is 14.4 Å². The molecule has 272 valence electrons. The van der Waals surface area contributed by atoms with E-state index in [0.717, 1.165) is 32.2 Å². The summed E-state index contributed by atoms with van der Waals surface area (Å²) in [7, 11) is 3.07. The van der Waals surface area contributed by atoms with Gasteiger partial charge >= 0.3 is 0 Å². The summed E-state index contributed by atoms with van der Waals surface area (Å²) in [6.45, 7) is 4.04. The van der Waals surface area contributed by atoms with E-state index in [-0.39, 0.29) is 11.6 Å². The molecule has 1 heterocycles. The zero-order valence-electron chi connectivity index (χ0n) is 30.1. The van der Waals surface area contributed by atoms with Crippen molar-refractivity contribution in [2.75, 3.05) is 24.9 Å². The van der Waals surface area contributed by atoms with E-state index in [1.807, 2.05) is 86.6 Å². The van der Waals surface area contributed by atoms with Crippen LogP contribution in [0.25, 0.3) is 17.3 Å². The molecule has 0 spiro atoms. The van der Waals surface area contributed by atoms with Crippen LogP contribution in [-0.2, 0) is 9.59 Å². The summed E-state index contributed by atoms with van der Waals surface area (Å²) in [5, 5.41) is 8.64. The normalized spacial score (nSPS) is 11.7. The van der Waals surface area contributed by atoms with Crippen LogP contribution in [0.1, 0.15) is 37.2 Å². The maximum Gasteiger partial charge on any atom is 0.272 e. The molecule has 0 aliphatic rings. The molecule has 11 heteroatoms. The molecule has 0 saturated heterocycles. The van der Waals surface area contributed by atoms with Gasteiger partial charge in [0.15, 0.2) is 5.13 Å². The Morgan fingerprint density at radius 1 is 0.778 bits per heavy atom. The molecule has 0 bridgehead atoms. The van der Waals surface area contributed by atoms with Crippen molar-refractivity contribution in [3.63, 3.8) is 0 Å². The Hall–Kier alpha value is -6.17. The van der Waals surface area contributed by atoms with Gasteiger partial charge in [0.1, 0.15) is 22.4 Å². The van der Waals surface area contributed by atoms with E-state index >= 15 is 0 Å². The van der Waals surface area contributed by atoms with Crippen LogP contribution in [0.15, 0.2) is 138 Å². The minimum absolute atomic E-state index is 0.00220. The molecule has 0 aliphatic carbocycles. The van der Waals surface area contributed by atoms with Crippen molar-refractivity contribution in [3.05, 3.63) is 160 Å². The summed E-state index contributed by atoms with van der Waals surface area (Å²) in [5.41, 5.74) is 5.26. The number of nitrogens with zero attached hydrogens (tertiary/aromatic N) is 1. The highest BCUT2D eigenvalue weighted by Crippen LogP contribution is 2.38. The molecular weight excluding hydrogens is 717 g/mol. The maximum absolute atomic E-state index is 13.9. The number of methoxy groups -OCH3 is 2. The number of carbonyl (C=O) groups is 3. The summed E-state index contributed by atoms with van der Waals surface area (Å²) in [6, 6.07) is 38.7. The fourth-order valence-electron chi connectivity index (χ4n) is 5.50. The molecule has 1 atom stereocenters. The number of rotatable bonds is 13. The summed E-state index contributed by atoms with van der Waals surface area (Å²) >= 11 is 2.83. The predicted molar refractivity (Wildman–Crippen MR) is 217 cm³/mol. The first-order valence-corrected chi connectivity index (χ1v) is 18.7. The van der Waals surface area contributed by atoms with Gasteiger partial charge in [-0.1, -0.05) is 78.4 Å². The Bertz CT molecular complexity index is 2270. The van der Waals surface area contributed by atoms with Gasteiger partial charge in [-0.15, -0.1) is 23.1 Å². The number of aromatic nitrogens is 1. The zero-order chi connectivity index (χ0) is 38.0. The summed E-state index contributed by atoms with van der Waals surface area (Å²) in [4.78, 5) is 47.4. The highest BCUT2D eigenvalue weighted by molar-refractivity contribution is 8.00. The van der Waals surface area contributed by atoms with Crippen LogP contribution in [0.2, 0.25) is 0 Å². The van der Waals surface area contributed by atoms with E-state index < -0.39 is 17.1 Å². The summed E-state index contributed by atoms with van der Waals surface area (Å²) < 4.78 is 10.9. The number of aryl methyl sites for hydroxylation is 2. The van der Waals surface area contributed by atoms with Crippen molar-refractivity contribution < 1.29 is 23.9 Å². The molecular formula is C43H38N4O5S2. The molecule has 54 heavy (non-hydrogen) atoms. The van der Waals surface area contributed by atoms with Gasteiger partial charge in [0.25, 0.3) is 11.8 Å². The average Bonchev–Trinajstić information content (AvgIpc) is 3.57. The number of ether oxygens (including phenoxy) is 2. The van der Waals surface area contributed by atoms with Crippen molar-refractivity contribution in [2.24, 2.45) is 0 Å². The summed E-state index contributed by atoms with van der Waals surface area (Å²) in [5.74, 6) is -0.152. The molecule has 3 N–H and O–H groups in total. The fraction of sp³-hybridized carbons (Fsp3) is 0.116. The molecule has 0 radical (unpaired) electrons. The highest BCUT2D eigenvalue weighted by Gasteiger charge is 2.24. The molecule has 9 nitrogen and oxygen atoms in total. The number of benzene rings is 5. The third-order valence-electron chi connectivity index (χ3n) is 8.32. The lowest BCUT2D eigenvalue weighted by Gasteiger charge is -2.17. The zero-order valence-corrected chi connectivity index (χ0v) is 31.7. The van der Waals surface area contributed by atoms with Crippen LogP contribution >= 0.6 is 23.1 Å². The van der Waals surface area contributed by atoms with Gasteiger partial charge in [0.05, 0.1) is 19.9 Å². The quantitative estimate of drug-likeness (QED) is 0.0795. The summed E-state index contributed by atoms with van der Waals surface area (Å²) in [6.07, 6.45) is 1.54. The Morgan fingerprint density at radius 2 is 1.46 bits per heavy atom. The minimum atomic E-state index is -0.584. The fourth-order valence-corrected chi connectivity index (χ4v) is 7.37. The van der Waals surface area contributed by atoms with E-state index in [1.54, 1.807) is 67.8 Å².